The predicted molar refractivity (Wildman–Crippen MR) is 81.5 cm³/mol. The van der Waals surface area contributed by atoms with Crippen LogP contribution in [0.5, 0.6) is 0 Å². The van der Waals surface area contributed by atoms with Gasteiger partial charge in [-0.05, 0) is 57.7 Å². The van der Waals surface area contributed by atoms with Crippen molar-refractivity contribution in [1.29, 1.82) is 0 Å². The standard InChI is InChI=1S/C16H27N3O/c1-5-16(2,3)18-14(20)11-19-9-8-13(10-19)15(17-4)12-6-7-12/h8-10,12,15,17H,5-7,11H2,1-4H3,(H,18,20). The average Bonchev–Trinajstić information content (AvgIpc) is 3.11. The molecule has 1 amide bonds. The van der Waals surface area contributed by atoms with Gasteiger partial charge in [-0.3, -0.25) is 4.79 Å². The van der Waals surface area contributed by atoms with Crippen LogP contribution in [0.25, 0.3) is 0 Å². The molecule has 1 aliphatic carbocycles. The van der Waals surface area contributed by atoms with Crippen LogP contribution in [-0.2, 0) is 11.3 Å². The second-order valence-corrected chi connectivity index (χ2v) is 6.51. The number of carbonyl (C=O) groups is 1. The van der Waals surface area contributed by atoms with Gasteiger partial charge in [0.15, 0.2) is 0 Å². The van der Waals surface area contributed by atoms with Gasteiger partial charge in [0.05, 0.1) is 0 Å². The van der Waals surface area contributed by atoms with Gasteiger partial charge in [0, 0.05) is 24.0 Å². The van der Waals surface area contributed by atoms with Crippen molar-refractivity contribution in [2.45, 2.75) is 58.2 Å². The van der Waals surface area contributed by atoms with Crippen LogP contribution in [0.3, 0.4) is 0 Å². The number of amides is 1. The number of hydrogen-bond donors (Lipinski definition) is 2. The van der Waals surface area contributed by atoms with Crippen LogP contribution in [0.4, 0.5) is 0 Å². The minimum atomic E-state index is -0.130. The molecule has 0 aromatic carbocycles. The van der Waals surface area contributed by atoms with Gasteiger partial charge in [0.25, 0.3) is 0 Å². The maximum atomic E-state index is 12.0. The highest BCUT2D eigenvalue weighted by Crippen LogP contribution is 2.40. The Morgan fingerprint density at radius 1 is 1.50 bits per heavy atom. The highest BCUT2D eigenvalue weighted by Gasteiger charge is 2.31. The van der Waals surface area contributed by atoms with Crippen LogP contribution in [-0.4, -0.2) is 23.1 Å². The SMILES string of the molecule is CCC(C)(C)NC(=O)Cn1ccc(C(NC)C2CC2)c1. The van der Waals surface area contributed by atoms with Gasteiger partial charge in [0.2, 0.25) is 5.91 Å². The topological polar surface area (TPSA) is 46.1 Å². The van der Waals surface area contributed by atoms with E-state index in [1.807, 2.05) is 17.8 Å². The first-order valence-electron chi connectivity index (χ1n) is 7.59. The third kappa shape index (κ3) is 3.85. The van der Waals surface area contributed by atoms with Crippen LogP contribution in [0, 0.1) is 5.92 Å². The van der Waals surface area contributed by atoms with Gasteiger partial charge in [-0.15, -0.1) is 0 Å². The van der Waals surface area contributed by atoms with E-state index in [2.05, 4.69) is 43.7 Å². The first-order valence-corrected chi connectivity index (χ1v) is 7.59. The summed E-state index contributed by atoms with van der Waals surface area (Å²) in [5.41, 5.74) is 1.16. The molecular formula is C16H27N3O. The molecule has 1 unspecified atom stereocenters. The Bertz CT molecular complexity index is 460. The zero-order valence-corrected chi connectivity index (χ0v) is 13.1. The predicted octanol–water partition coefficient (Wildman–Crippen LogP) is 2.46. The molecule has 0 saturated heterocycles. The zero-order valence-electron chi connectivity index (χ0n) is 13.1. The summed E-state index contributed by atoms with van der Waals surface area (Å²) in [4.78, 5) is 12.0. The van der Waals surface area contributed by atoms with Gasteiger partial charge in [0.1, 0.15) is 6.54 Å². The molecular weight excluding hydrogens is 250 g/mol. The molecule has 20 heavy (non-hydrogen) atoms. The van der Waals surface area contributed by atoms with Crippen LogP contribution < -0.4 is 10.6 Å². The van der Waals surface area contributed by atoms with Crippen molar-refractivity contribution >= 4 is 5.91 Å². The number of rotatable bonds is 7. The van der Waals surface area contributed by atoms with Crippen molar-refractivity contribution in [3.63, 3.8) is 0 Å². The van der Waals surface area contributed by atoms with Crippen molar-refractivity contribution in [2.75, 3.05) is 7.05 Å². The summed E-state index contributed by atoms with van der Waals surface area (Å²) in [5.74, 6) is 0.843. The minimum Gasteiger partial charge on any atom is -0.350 e. The summed E-state index contributed by atoms with van der Waals surface area (Å²) in [7, 11) is 2.01. The fourth-order valence-corrected chi connectivity index (χ4v) is 2.52. The smallest absolute Gasteiger partial charge is 0.240 e. The number of nitrogens with zero attached hydrogens (tertiary/aromatic N) is 1. The summed E-state index contributed by atoms with van der Waals surface area (Å²) in [5, 5.41) is 6.45. The first kappa shape index (κ1) is 15.1. The third-order valence-electron chi connectivity index (χ3n) is 4.22. The summed E-state index contributed by atoms with van der Waals surface area (Å²) >= 11 is 0. The summed E-state index contributed by atoms with van der Waals surface area (Å²) < 4.78 is 1.98. The molecule has 1 heterocycles. The second kappa shape index (κ2) is 6.00. The maximum absolute atomic E-state index is 12.0. The quantitative estimate of drug-likeness (QED) is 0.804. The molecule has 1 saturated carbocycles. The largest absolute Gasteiger partial charge is 0.350 e. The van der Waals surface area contributed by atoms with E-state index >= 15 is 0 Å². The molecule has 0 spiro atoms. The monoisotopic (exact) mass is 277 g/mol. The molecule has 1 aromatic rings. The number of nitrogens with one attached hydrogen (secondary N) is 2. The van der Waals surface area contributed by atoms with E-state index in [-0.39, 0.29) is 11.4 Å². The molecule has 2 N–H and O–H groups in total. The highest BCUT2D eigenvalue weighted by molar-refractivity contribution is 5.76. The molecule has 4 nitrogen and oxygen atoms in total. The normalized spacial score (nSPS) is 17.0. The van der Waals surface area contributed by atoms with Crippen molar-refractivity contribution < 1.29 is 4.79 Å². The van der Waals surface area contributed by atoms with E-state index in [9.17, 15) is 4.79 Å². The van der Waals surface area contributed by atoms with Gasteiger partial charge in [-0.25, -0.2) is 0 Å². The molecule has 112 valence electrons. The second-order valence-electron chi connectivity index (χ2n) is 6.51. The zero-order chi connectivity index (χ0) is 14.8. The highest BCUT2D eigenvalue weighted by atomic mass is 16.2. The van der Waals surface area contributed by atoms with Gasteiger partial charge < -0.3 is 15.2 Å². The van der Waals surface area contributed by atoms with E-state index in [1.165, 1.54) is 18.4 Å². The molecule has 1 aromatic heterocycles. The van der Waals surface area contributed by atoms with E-state index in [4.69, 9.17) is 0 Å². The molecule has 1 fully saturated rings. The van der Waals surface area contributed by atoms with E-state index in [1.54, 1.807) is 0 Å². The Morgan fingerprint density at radius 3 is 2.75 bits per heavy atom. The van der Waals surface area contributed by atoms with Crippen LogP contribution in [0.2, 0.25) is 0 Å². The van der Waals surface area contributed by atoms with E-state index in [0.717, 1.165) is 12.3 Å². The summed E-state index contributed by atoms with van der Waals surface area (Å²) in [6.45, 7) is 6.58. The summed E-state index contributed by atoms with van der Waals surface area (Å²) in [6, 6.07) is 2.56. The number of hydrogen-bond acceptors (Lipinski definition) is 2. The average molecular weight is 277 g/mol. The lowest BCUT2D eigenvalue weighted by Gasteiger charge is -2.24. The molecule has 0 aliphatic heterocycles. The summed E-state index contributed by atoms with van der Waals surface area (Å²) in [6.07, 6.45) is 7.64. The molecule has 0 bridgehead atoms. The fourth-order valence-electron chi connectivity index (χ4n) is 2.52. The lowest BCUT2D eigenvalue weighted by molar-refractivity contribution is -0.123. The Labute approximate surface area is 121 Å². The van der Waals surface area contributed by atoms with E-state index in [0.29, 0.717) is 12.6 Å². The Hall–Kier alpha value is -1.29. The van der Waals surface area contributed by atoms with Crippen molar-refractivity contribution in [2.24, 2.45) is 5.92 Å². The van der Waals surface area contributed by atoms with Gasteiger partial charge in [-0.2, -0.15) is 0 Å². The van der Waals surface area contributed by atoms with Gasteiger partial charge in [-0.1, -0.05) is 6.92 Å². The minimum absolute atomic E-state index is 0.0754. The number of aromatic nitrogens is 1. The van der Waals surface area contributed by atoms with E-state index < -0.39 is 0 Å². The van der Waals surface area contributed by atoms with Gasteiger partial charge >= 0.3 is 0 Å². The maximum Gasteiger partial charge on any atom is 0.240 e. The molecule has 0 radical (unpaired) electrons. The molecule has 2 rings (SSSR count). The van der Waals surface area contributed by atoms with Crippen LogP contribution in [0.15, 0.2) is 18.5 Å². The van der Waals surface area contributed by atoms with Crippen molar-refractivity contribution in [3.05, 3.63) is 24.0 Å². The fraction of sp³-hybridized carbons (Fsp3) is 0.688. The lowest BCUT2D eigenvalue weighted by Crippen LogP contribution is -2.44. The van der Waals surface area contributed by atoms with Crippen molar-refractivity contribution in [1.82, 2.24) is 15.2 Å². The molecule has 4 heteroatoms. The van der Waals surface area contributed by atoms with Crippen molar-refractivity contribution in [3.8, 4) is 0 Å². The van der Waals surface area contributed by atoms with Crippen LogP contribution >= 0.6 is 0 Å². The number of carbonyl (C=O) groups excluding carboxylic acids is 1. The third-order valence-corrected chi connectivity index (χ3v) is 4.22. The molecule has 1 aliphatic rings. The first-order chi connectivity index (χ1) is 9.45. The van der Waals surface area contributed by atoms with Crippen LogP contribution in [0.1, 0.15) is 51.6 Å². The lowest BCUT2D eigenvalue weighted by atomic mass is 10.0. The Morgan fingerprint density at radius 2 is 2.20 bits per heavy atom. The Balaban J connectivity index is 1.93. The Kier molecular flexibility index (Phi) is 4.53. The molecule has 1 atom stereocenters.